The summed E-state index contributed by atoms with van der Waals surface area (Å²) in [5, 5.41) is 45.2. The fourth-order valence-corrected chi connectivity index (χ4v) is 7.37. The number of methoxy groups -OCH3 is 1. The predicted octanol–water partition coefficient (Wildman–Crippen LogP) is 1.75. The van der Waals surface area contributed by atoms with E-state index in [1.807, 2.05) is 0 Å². The second-order valence-electron chi connectivity index (χ2n) is 12.0. The Morgan fingerprint density at radius 3 is 2.41 bits per heavy atom. The first-order valence-electron chi connectivity index (χ1n) is 14.1. The van der Waals surface area contributed by atoms with Crippen molar-refractivity contribution in [1.82, 2.24) is 9.80 Å². The Balaban J connectivity index is 1.63. The van der Waals surface area contributed by atoms with Gasteiger partial charge in [0.15, 0.2) is 11.4 Å². The number of nitrogens with zero attached hydrogens (tertiary/aromatic N) is 2. The van der Waals surface area contributed by atoms with E-state index in [9.17, 15) is 34.8 Å². The Bertz CT molecular complexity index is 1390. The number of ether oxygens (including phenoxy) is 1. The summed E-state index contributed by atoms with van der Waals surface area (Å²) in [6.45, 7) is 5.58. The Morgan fingerprint density at radius 2 is 1.88 bits per heavy atom. The van der Waals surface area contributed by atoms with E-state index in [4.69, 9.17) is 10.5 Å². The molecular formula is C30H39N3O8. The number of hydrogen-bond acceptors (Lipinski definition) is 10. The van der Waals surface area contributed by atoms with E-state index in [0.29, 0.717) is 29.8 Å². The summed E-state index contributed by atoms with van der Waals surface area (Å²) in [4.78, 5) is 43.3. The van der Waals surface area contributed by atoms with Crippen LogP contribution in [0.1, 0.15) is 54.6 Å². The standard InChI is InChI=1S/C30H39N3O8/c1-6-33(13(2)14-7-8-14)12-16-11-19(34)21-17(26(16)41-5)9-15-10-18-23(32(3)4)25(36)22(29(31)39)28(38)30(18,40)27(37)20(15)24(21)35/h11,13-15,18,23,34,36-37,40H,6-10,12H2,1-5H3,(H2,31,39)/t13-,15+,18+,23+,30+/m1/s1. The highest BCUT2D eigenvalue weighted by Gasteiger charge is 2.63. The van der Waals surface area contributed by atoms with Crippen LogP contribution >= 0.6 is 0 Å². The maximum absolute atomic E-state index is 13.9. The molecule has 1 saturated carbocycles. The van der Waals surface area contributed by atoms with Crippen LogP contribution < -0.4 is 10.5 Å². The number of carbonyl (C=O) groups is 3. The number of hydrogen-bond donors (Lipinski definition) is 5. The van der Waals surface area contributed by atoms with Crippen molar-refractivity contribution in [3.8, 4) is 11.5 Å². The van der Waals surface area contributed by atoms with Crippen LogP contribution in [-0.4, -0.2) is 93.1 Å². The highest BCUT2D eigenvalue weighted by molar-refractivity contribution is 6.24. The molecule has 1 aromatic rings. The second kappa shape index (κ2) is 10.1. The molecule has 5 atom stereocenters. The number of benzene rings is 1. The van der Waals surface area contributed by atoms with Crippen LogP contribution in [0.2, 0.25) is 0 Å². The minimum Gasteiger partial charge on any atom is -0.510 e. The van der Waals surface area contributed by atoms with E-state index in [0.717, 1.165) is 12.1 Å². The van der Waals surface area contributed by atoms with Crippen molar-refractivity contribution >= 4 is 17.5 Å². The maximum atomic E-state index is 13.9. The summed E-state index contributed by atoms with van der Waals surface area (Å²) in [6, 6.07) is 0.824. The highest BCUT2D eigenvalue weighted by atomic mass is 16.5. The Labute approximate surface area is 238 Å². The molecule has 0 unspecified atom stereocenters. The number of likely N-dealkylation sites (N-methyl/N-ethyl adjacent to an activating group) is 1. The van der Waals surface area contributed by atoms with Crippen molar-refractivity contribution < 1.29 is 39.5 Å². The van der Waals surface area contributed by atoms with Crippen LogP contribution in [0.4, 0.5) is 0 Å². The second-order valence-corrected chi connectivity index (χ2v) is 12.0. The number of allylic oxidation sites excluding steroid dienone is 1. The molecule has 1 fully saturated rings. The zero-order valence-corrected chi connectivity index (χ0v) is 24.1. The van der Waals surface area contributed by atoms with E-state index < -0.39 is 58.0 Å². The number of aliphatic hydroxyl groups is 3. The highest BCUT2D eigenvalue weighted by Crippen LogP contribution is 2.53. The van der Waals surface area contributed by atoms with E-state index >= 15 is 0 Å². The molecule has 6 N–H and O–H groups in total. The number of primary amides is 1. The molecule has 222 valence electrons. The molecule has 0 saturated heterocycles. The SMILES string of the molecule is CCN(Cc1cc(O)c2c(c1OC)C[C@H]1C[C@H]3[C@H](N(C)C)C(O)=C(C(N)=O)C(=O)[C@@]3(O)C(O)=C1C2=O)[C@H](C)C1CC1. The minimum absolute atomic E-state index is 0.0275. The zero-order valence-electron chi connectivity index (χ0n) is 24.1. The van der Waals surface area contributed by atoms with Gasteiger partial charge in [0.25, 0.3) is 5.91 Å². The number of phenolic OH excluding ortho intramolecular Hbond substituents is 1. The number of fused-ring (bicyclic) bond motifs is 3. The Hall–Kier alpha value is -3.41. The maximum Gasteiger partial charge on any atom is 0.255 e. The van der Waals surface area contributed by atoms with Gasteiger partial charge in [-0.2, -0.15) is 0 Å². The van der Waals surface area contributed by atoms with Gasteiger partial charge in [-0.25, -0.2) is 0 Å². The van der Waals surface area contributed by atoms with Gasteiger partial charge < -0.3 is 30.9 Å². The molecule has 11 heteroatoms. The number of Topliss-reactive ketones (excluding diaryl/α,β-unsaturated/α-hetero) is 2. The molecule has 0 bridgehead atoms. The first kappa shape index (κ1) is 29.1. The predicted molar refractivity (Wildman–Crippen MR) is 148 cm³/mol. The van der Waals surface area contributed by atoms with Gasteiger partial charge in [0, 0.05) is 35.2 Å². The van der Waals surface area contributed by atoms with Crippen LogP contribution in [0, 0.1) is 17.8 Å². The van der Waals surface area contributed by atoms with Crippen molar-refractivity contribution in [2.75, 3.05) is 27.7 Å². The van der Waals surface area contributed by atoms with Gasteiger partial charge in [0.05, 0.1) is 18.7 Å². The fourth-order valence-electron chi connectivity index (χ4n) is 7.37. The Kier molecular flexibility index (Phi) is 7.20. The van der Waals surface area contributed by atoms with Gasteiger partial charge >= 0.3 is 0 Å². The van der Waals surface area contributed by atoms with Gasteiger partial charge in [0.2, 0.25) is 5.78 Å². The molecule has 1 aromatic carbocycles. The monoisotopic (exact) mass is 569 g/mol. The van der Waals surface area contributed by atoms with Crippen LogP contribution in [-0.2, 0) is 22.6 Å². The summed E-state index contributed by atoms with van der Waals surface area (Å²) in [5.74, 6) is -5.60. The van der Waals surface area contributed by atoms with Crippen molar-refractivity contribution in [1.29, 1.82) is 0 Å². The number of ketones is 2. The van der Waals surface area contributed by atoms with Crippen molar-refractivity contribution in [3.63, 3.8) is 0 Å². The van der Waals surface area contributed by atoms with E-state index in [1.165, 1.54) is 30.9 Å². The molecule has 0 heterocycles. The quantitative estimate of drug-likeness (QED) is 0.290. The number of phenols is 1. The summed E-state index contributed by atoms with van der Waals surface area (Å²) >= 11 is 0. The molecular weight excluding hydrogens is 530 g/mol. The summed E-state index contributed by atoms with van der Waals surface area (Å²) in [5.41, 5.74) is 2.89. The van der Waals surface area contributed by atoms with Crippen LogP contribution in [0.5, 0.6) is 11.5 Å². The van der Waals surface area contributed by atoms with Crippen LogP contribution in [0.25, 0.3) is 0 Å². The molecule has 5 rings (SSSR count). The average molecular weight is 570 g/mol. The largest absolute Gasteiger partial charge is 0.510 e. The van der Waals surface area contributed by atoms with Gasteiger partial charge in [-0.3, -0.25) is 24.2 Å². The van der Waals surface area contributed by atoms with Gasteiger partial charge in [0.1, 0.15) is 28.6 Å². The zero-order chi connectivity index (χ0) is 30.1. The van der Waals surface area contributed by atoms with Crippen LogP contribution in [0.3, 0.4) is 0 Å². The number of rotatable bonds is 8. The number of amides is 1. The number of aromatic hydroxyl groups is 1. The number of carbonyl (C=O) groups excluding carboxylic acids is 3. The molecule has 41 heavy (non-hydrogen) atoms. The average Bonchev–Trinajstić information content (AvgIpc) is 3.74. The number of nitrogens with two attached hydrogens (primary N) is 1. The molecule has 0 aliphatic heterocycles. The number of aliphatic hydroxyl groups excluding tert-OH is 2. The molecule has 0 aromatic heterocycles. The smallest absolute Gasteiger partial charge is 0.255 e. The van der Waals surface area contributed by atoms with E-state index in [1.54, 1.807) is 14.1 Å². The van der Waals surface area contributed by atoms with Crippen molar-refractivity contribution in [3.05, 3.63) is 45.4 Å². The molecule has 11 nitrogen and oxygen atoms in total. The lowest BCUT2D eigenvalue weighted by Gasteiger charge is -2.50. The lowest BCUT2D eigenvalue weighted by molar-refractivity contribution is -0.148. The lowest BCUT2D eigenvalue weighted by atomic mass is 9.58. The third-order valence-corrected chi connectivity index (χ3v) is 9.61. The third-order valence-electron chi connectivity index (χ3n) is 9.61. The van der Waals surface area contributed by atoms with Crippen molar-refractivity contribution in [2.45, 2.75) is 63.8 Å². The van der Waals surface area contributed by atoms with Gasteiger partial charge in [-0.05, 0) is 71.1 Å². The molecule has 4 aliphatic rings. The van der Waals surface area contributed by atoms with Gasteiger partial charge in [-0.15, -0.1) is 0 Å². The summed E-state index contributed by atoms with van der Waals surface area (Å²) in [6.07, 6.45) is 2.59. The van der Waals surface area contributed by atoms with Gasteiger partial charge in [-0.1, -0.05) is 6.92 Å². The normalized spacial score (nSPS) is 28.5. The summed E-state index contributed by atoms with van der Waals surface area (Å²) in [7, 11) is 4.71. The van der Waals surface area contributed by atoms with E-state index in [-0.39, 0.29) is 29.7 Å². The lowest BCUT2D eigenvalue weighted by Crippen LogP contribution is -2.63. The summed E-state index contributed by atoms with van der Waals surface area (Å²) < 4.78 is 5.84. The first-order chi connectivity index (χ1) is 19.3. The third kappa shape index (κ3) is 4.24. The van der Waals surface area contributed by atoms with Crippen LogP contribution in [0.15, 0.2) is 28.7 Å². The Morgan fingerprint density at radius 1 is 1.22 bits per heavy atom. The molecule has 0 spiro atoms. The van der Waals surface area contributed by atoms with E-state index in [2.05, 4.69) is 18.7 Å². The first-order valence-corrected chi connectivity index (χ1v) is 14.1. The fraction of sp³-hybridized carbons (Fsp3) is 0.567. The molecule has 0 radical (unpaired) electrons. The minimum atomic E-state index is -2.66. The molecule has 1 amide bonds. The van der Waals surface area contributed by atoms with Crippen molar-refractivity contribution in [2.24, 2.45) is 23.5 Å². The topological polar surface area (TPSA) is 174 Å². The molecule has 4 aliphatic carbocycles.